The largest absolute Gasteiger partial charge is 0.465 e. The van der Waals surface area contributed by atoms with Gasteiger partial charge in [-0.15, -0.1) is 0 Å². The highest BCUT2D eigenvalue weighted by Gasteiger charge is 2.32. The molecule has 0 atom stereocenters. The molecule has 0 bridgehead atoms. The number of ether oxygens (including phenoxy) is 1. The molecule has 92 valence electrons. The molecule has 1 saturated carbocycles. The minimum Gasteiger partial charge on any atom is -0.465 e. The molecule has 0 saturated heterocycles. The van der Waals surface area contributed by atoms with Crippen molar-refractivity contribution in [1.82, 2.24) is 9.97 Å². The van der Waals surface area contributed by atoms with Gasteiger partial charge < -0.3 is 9.64 Å². The number of aryl methyl sites for hydroxylation is 1. The molecular formula is C12H17N3O2. The van der Waals surface area contributed by atoms with Crippen LogP contribution in [0.3, 0.4) is 0 Å². The number of hydrogen-bond donors (Lipinski definition) is 0. The molecule has 5 heteroatoms. The monoisotopic (exact) mass is 235 g/mol. The second-order valence-electron chi connectivity index (χ2n) is 4.16. The molecule has 0 N–H and O–H groups in total. The predicted octanol–water partition coefficient (Wildman–Crippen LogP) is 1.32. The molecule has 1 aliphatic rings. The molecule has 1 aliphatic carbocycles. The third-order valence-corrected chi connectivity index (χ3v) is 2.63. The van der Waals surface area contributed by atoms with Gasteiger partial charge in [-0.1, -0.05) is 0 Å². The van der Waals surface area contributed by atoms with E-state index in [1.165, 1.54) is 0 Å². The number of esters is 1. The molecule has 0 unspecified atom stereocenters. The fourth-order valence-corrected chi connectivity index (χ4v) is 1.67. The van der Waals surface area contributed by atoms with Crippen LogP contribution < -0.4 is 4.90 Å². The van der Waals surface area contributed by atoms with Gasteiger partial charge in [0.05, 0.1) is 6.61 Å². The van der Waals surface area contributed by atoms with Crippen LogP contribution in [0, 0.1) is 6.92 Å². The smallest absolute Gasteiger partial charge is 0.325 e. The van der Waals surface area contributed by atoms with E-state index in [2.05, 4.69) is 9.97 Å². The van der Waals surface area contributed by atoms with E-state index in [0.29, 0.717) is 18.6 Å². The summed E-state index contributed by atoms with van der Waals surface area (Å²) in [6.07, 6.45) is 3.91. The van der Waals surface area contributed by atoms with E-state index in [4.69, 9.17) is 4.74 Å². The van der Waals surface area contributed by atoms with Crippen molar-refractivity contribution in [2.24, 2.45) is 0 Å². The SMILES string of the molecule is CCOC(=O)CN(c1nccc(C)n1)C1CC1. The molecule has 2 rings (SSSR count). The minimum atomic E-state index is -0.218. The Morgan fingerprint density at radius 1 is 1.59 bits per heavy atom. The van der Waals surface area contributed by atoms with E-state index in [-0.39, 0.29) is 12.5 Å². The molecule has 0 amide bonds. The third-order valence-electron chi connectivity index (χ3n) is 2.63. The zero-order valence-electron chi connectivity index (χ0n) is 10.2. The minimum absolute atomic E-state index is 0.218. The van der Waals surface area contributed by atoms with Crippen LogP contribution in [0.1, 0.15) is 25.5 Å². The quantitative estimate of drug-likeness (QED) is 0.720. The van der Waals surface area contributed by atoms with Crippen LogP contribution in [-0.2, 0) is 9.53 Å². The average molecular weight is 235 g/mol. The predicted molar refractivity (Wildman–Crippen MR) is 63.8 cm³/mol. The van der Waals surface area contributed by atoms with Crippen molar-refractivity contribution in [1.29, 1.82) is 0 Å². The van der Waals surface area contributed by atoms with Crippen molar-refractivity contribution in [3.8, 4) is 0 Å². The van der Waals surface area contributed by atoms with Crippen LogP contribution in [-0.4, -0.2) is 35.1 Å². The van der Waals surface area contributed by atoms with Gasteiger partial charge in [0.15, 0.2) is 0 Å². The van der Waals surface area contributed by atoms with Gasteiger partial charge in [0.25, 0.3) is 0 Å². The lowest BCUT2D eigenvalue weighted by Crippen LogP contribution is -2.34. The van der Waals surface area contributed by atoms with E-state index >= 15 is 0 Å². The zero-order valence-corrected chi connectivity index (χ0v) is 10.2. The highest BCUT2D eigenvalue weighted by atomic mass is 16.5. The lowest BCUT2D eigenvalue weighted by atomic mass is 10.4. The first kappa shape index (κ1) is 11.8. The Hall–Kier alpha value is -1.65. The van der Waals surface area contributed by atoms with Crippen LogP contribution in [0.5, 0.6) is 0 Å². The van der Waals surface area contributed by atoms with Gasteiger partial charge in [-0.2, -0.15) is 0 Å². The summed E-state index contributed by atoms with van der Waals surface area (Å²) in [6, 6.07) is 2.24. The van der Waals surface area contributed by atoms with Gasteiger partial charge in [0.1, 0.15) is 6.54 Å². The summed E-state index contributed by atoms with van der Waals surface area (Å²) in [6.45, 7) is 4.37. The molecule has 0 aliphatic heterocycles. The van der Waals surface area contributed by atoms with Crippen LogP contribution in [0.15, 0.2) is 12.3 Å². The Bertz CT molecular complexity index is 404. The molecule has 1 aromatic rings. The zero-order chi connectivity index (χ0) is 12.3. The van der Waals surface area contributed by atoms with Crippen molar-refractivity contribution in [2.75, 3.05) is 18.1 Å². The number of aromatic nitrogens is 2. The van der Waals surface area contributed by atoms with Crippen LogP contribution >= 0.6 is 0 Å². The molecule has 0 spiro atoms. The van der Waals surface area contributed by atoms with Crippen molar-refractivity contribution >= 4 is 11.9 Å². The first-order valence-electron chi connectivity index (χ1n) is 5.92. The number of hydrogen-bond acceptors (Lipinski definition) is 5. The van der Waals surface area contributed by atoms with Gasteiger partial charge in [-0.3, -0.25) is 4.79 Å². The van der Waals surface area contributed by atoms with Gasteiger partial charge in [0.2, 0.25) is 5.95 Å². The summed E-state index contributed by atoms with van der Waals surface area (Å²) in [5, 5.41) is 0. The molecule has 1 aromatic heterocycles. The van der Waals surface area contributed by atoms with E-state index in [9.17, 15) is 4.79 Å². The molecule has 0 radical (unpaired) electrons. The summed E-state index contributed by atoms with van der Waals surface area (Å²) in [5.41, 5.74) is 0.907. The number of carbonyl (C=O) groups is 1. The van der Waals surface area contributed by atoms with Crippen LogP contribution in [0.4, 0.5) is 5.95 Å². The first-order chi connectivity index (χ1) is 8.20. The van der Waals surface area contributed by atoms with Gasteiger partial charge in [-0.05, 0) is 32.8 Å². The van der Waals surface area contributed by atoms with E-state index < -0.39 is 0 Å². The van der Waals surface area contributed by atoms with Gasteiger partial charge >= 0.3 is 5.97 Å². The van der Waals surface area contributed by atoms with E-state index in [1.54, 1.807) is 6.20 Å². The normalized spacial score (nSPS) is 14.5. The third kappa shape index (κ3) is 3.15. The van der Waals surface area contributed by atoms with E-state index in [0.717, 1.165) is 18.5 Å². The van der Waals surface area contributed by atoms with Crippen molar-refractivity contribution < 1.29 is 9.53 Å². The Balaban J connectivity index is 2.09. The van der Waals surface area contributed by atoms with E-state index in [1.807, 2.05) is 24.8 Å². The molecule has 5 nitrogen and oxygen atoms in total. The first-order valence-corrected chi connectivity index (χ1v) is 5.92. The molecule has 0 aromatic carbocycles. The van der Waals surface area contributed by atoms with Crippen LogP contribution in [0.2, 0.25) is 0 Å². The molecule has 1 fully saturated rings. The highest BCUT2D eigenvalue weighted by molar-refractivity contribution is 5.75. The second-order valence-corrected chi connectivity index (χ2v) is 4.16. The number of anilines is 1. The average Bonchev–Trinajstić information content (AvgIpc) is 3.10. The Kier molecular flexibility index (Phi) is 3.56. The second kappa shape index (κ2) is 5.12. The van der Waals surface area contributed by atoms with Crippen LogP contribution in [0.25, 0.3) is 0 Å². The standard InChI is InChI=1S/C12H17N3O2/c1-3-17-11(16)8-15(10-4-5-10)12-13-7-6-9(2)14-12/h6-7,10H,3-5,8H2,1-2H3. The lowest BCUT2D eigenvalue weighted by molar-refractivity contribution is -0.141. The summed E-state index contributed by atoms with van der Waals surface area (Å²) >= 11 is 0. The fourth-order valence-electron chi connectivity index (χ4n) is 1.67. The Morgan fingerprint density at radius 3 is 2.94 bits per heavy atom. The Morgan fingerprint density at radius 2 is 2.35 bits per heavy atom. The maximum absolute atomic E-state index is 11.5. The molecular weight excluding hydrogens is 218 g/mol. The summed E-state index contributed by atoms with van der Waals surface area (Å²) in [7, 11) is 0. The van der Waals surface area contributed by atoms with Gasteiger partial charge in [0, 0.05) is 17.9 Å². The highest BCUT2D eigenvalue weighted by Crippen LogP contribution is 2.29. The lowest BCUT2D eigenvalue weighted by Gasteiger charge is -2.21. The van der Waals surface area contributed by atoms with Crippen molar-refractivity contribution in [3.63, 3.8) is 0 Å². The summed E-state index contributed by atoms with van der Waals surface area (Å²) in [4.78, 5) is 22.0. The Labute approximate surface area is 101 Å². The summed E-state index contributed by atoms with van der Waals surface area (Å²) < 4.78 is 4.97. The number of carbonyl (C=O) groups excluding carboxylic acids is 1. The van der Waals surface area contributed by atoms with Crippen molar-refractivity contribution in [3.05, 3.63) is 18.0 Å². The summed E-state index contributed by atoms with van der Waals surface area (Å²) in [5.74, 6) is 0.407. The fraction of sp³-hybridized carbons (Fsp3) is 0.583. The maximum Gasteiger partial charge on any atom is 0.325 e. The topological polar surface area (TPSA) is 55.3 Å². The maximum atomic E-state index is 11.5. The van der Waals surface area contributed by atoms with Gasteiger partial charge in [-0.25, -0.2) is 9.97 Å². The number of nitrogens with zero attached hydrogens (tertiary/aromatic N) is 3. The van der Waals surface area contributed by atoms with Crippen molar-refractivity contribution in [2.45, 2.75) is 32.7 Å². The molecule has 17 heavy (non-hydrogen) atoms. The number of rotatable bonds is 5. The molecule has 1 heterocycles.